The lowest BCUT2D eigenvalue weighted by molar-refractivity contribution is 1.15. The maximum atomic E-state index is 2.50. The Morgan fingerprint density at radius 2 is 0.983 bits per heavy atom. The Labute approximate surface area is 343 Å². The molecular formula is C54H34N2S2. The summed E-state index contributed by atoms with van der Waals surface area (Å²) in [6.07, 6.45) is 0. The Bertz CT molecular complexity index is 3500. The Morgan fingerprint density at radius 3 is 1.79 bits per heavy atom. The molecule has 4 heteroatoms. The largest absolute Gasteiger partial charge is 0.308 e. The third-order valence-corrected chi connectivity index (χ3v) is 14.0. The van der Waals surface area contributed by atoms with Gasteiger partial charge in [0.25, 0.3) is 0 Å². The number of aromatic nitrogens is 1. The molecule has 0 amide bonds. The summed E-state index contributed by atoms with van der Waals surface area (Å²) >= 11 is 3.76. The molecule has 58 heavy (non-hydrogen) atoms. The van der Waals surface area contributed by atoms with Crippen molar-refractivity contribution in [3.63, 3.8) is 0 Å². The van der Waals surface area contributed by atoms with Crippen molar-refractivity contribution in [1.29, 1.82) is 0 Å². The maximum Gasteiger partial charge on any atom is 0.0708 e. The molecule has 9 aromatic carbocycles. The summed E-state index contributed by atoms with van der Waals surface area (Å²) in [5.41, 5.74) is 11.6. The lowest BCUT2D eigenvalue weighted by atomic mass is 10.00. The van der Waals surface area contributed by atoms with Gasteiger partial charge >= 0.3 is 0 Å². The molecule has 0 saturated carbocycles. The van der Waals surface area contributed by atoms with E-state index in [9.17, 15) is 0 Å². The number of fused-ring (bicyclic) bond motifs is 10. The van der Waals surface area contributed by atoms with Crippen LogP contribution in [0, 0.1) is 0 Å². The Kier molecular flexibility index (Phi) is 7.62. The van der Waals surface area contributed by atoms with E-state index in [2.05, 4.69) is 216 Å². The van der Waals surface area contributed by atoms with Gasteiger partial charge in [0, 0.05) is 62.5 Å². The highest BCUT2D eigenvalue weighted by Crippen LogP contribution is 2.48. The van der Waals surface area contributed by atoms with Crippen molar-refractivity contribution < 1.29 is 0 Å². The van der Waals surface area contributed by atoms with E-state index in [0.29, 0.717) is 0 Å². The van der Waals surface area contributed by atoms with Crippen molar-refractivity contribution in [2.75, 3.05) is 4.90 Å². The maximum absolute atomic E-state index is 2.50. The number of hydrogen-bond acceptors (Lipinski definition) is 3. The van der Waals surface area contributed by atoms with E-state index < -0.39 is 0 Å². The first-order valence-corrected chi connectivity index (χ1v) is 21.3. The molecule has 0 bridgehead atoms. The Morgan fingerprint density at radius 1 is 0.362 bits per heavy atom. The third-order valence-electron chi connectivity index (χ3n) is 11.6. The van der Waals surface area contributed by atoms with Crippen LogP contribution in [-0.4, -0.2) is 4.57 Å². The van der Waals surface area contributed by atoms with Gasteiger partial charge in [-0.25, -0.2) is 0 Å². The van der Waals surface area contributed by atoms with Crippen LogP contribution in [0.25, 0.3) is 90.1 Å². The summed E-state index contributed by atoms with van der Waals surface area (Å²) < 4.78 is 7.75. The van der Waals surface area contributed by atoms with Crippen LogP contribution in [0.1, 0.15) is 0 Å². The number of para-hydroxylation sites is 2. The molecule has 0 radical (unpaired) electrons. The number of nitrogens with zero attached hydrogens (tertiary/aromatic N) is 2. The molecule has 12 rings (SSSR count). The van der Waals surface area contributed by atoms with E-state index in [-0.39, 0.29) is 0 Å². The van der Waals surface area contributed by atoms with E-state index in [0.717, 1.165) is 22.7 Å². The van der Waals surface area contributed by atoms with E-state index in [1.54, 1.807) is 0 Å². The third kappa shape index (κ3) is 5.16. The van der Waals surface area contributed by atoms with Gasteiger partial charge in [-0.05, 0) is 89.0 Å². The molecule has 0 saturated heterocycles. The van der Waals surface area contributed by atoms with E-state index >= 15 is 0 Å². The molecule has 0 aliphatic carbocycles. The SMILES string of the molecule is c1ccc(-c2ccc(N(c3ccccc3)c3cc(-c4cccc5c4sc4ccccc45)ccc3-n3c4ccccc4c4c5c(ccc43)sc3ccccc35)cc2)cc1. The van der Waals surface area contributed by atoms with Crippen molar-refractivity contribution in [3.05, 3.63) is 206 Å². The predicted molar refractivity (Wildman–Crippen MR) is 252 cm³/mol. The van der Waals surface area contributed by atoms with Gasteiger partial charge in [0.05, 0.1) is 22.4 Å². The van der Waals surface area contributed by atoms with E-state index in [1.807, 2.05) is 22.7 Å². The first-order valence-electron chi connectivity index (χ1n) is 19.7. The second-order valence-electron chi connectivity index (χ2n) is 14.9. The smallest absolute Gasteiger partial charge is 0.0708 e. The zero-order valence-electron chi connectivity index (χ0n) is 31.3. The van der Waals surface area contributed by atoms with Gasteiger partial charge in [-0.1, -0.05) is 140 Å². The normalized spacial score (nSPS) is 11.8. The number of benzene rings is 9. The molecule has 0 atom stereocenters. The standard InChI is InChI=1S/C54H34N2S2/c1-3-14-35(15-4-1)36-26-29-39(30-27-36)55(38-16-5-2-6-17-38)48-34-37(40-21-13-22-42-41-18-8-11-24-49(41)58-54(40)42)28-31-46(48)56-45-23-10-7-19-43(45)52-47(56)32-33-51-53(52)44-20-9-12-25-50(44)57-51/h1-34H. The molecule has 0 unspecified atom stereocenters. The lowest BCUT2D eigenvalue weighted by Crippen LogP contribution is -2.13. The highest BCUT2D eigenvalue weighted by molar-refractivity contribution is 7.26. The molecule has 0 fully saturated rings. The van der Waals surface area contributed by atoms with E-state index in [4.69, 9.17) is 0 Å². The van der Waals surface area contributed by atoms with Gasteiger partial charge in [-0.3, -0.25) is 0 Å². The van der Waals surface area contributed by atoms with Gasteiger partial charge in [-0.15, -0.1) is 22.7 Å². The fraction of sp³-hybridized carbons (Fsp3) is 0. The number of hydrogen-bond donors (Lipinski definition) is 0. The molecule has 0 N–H and O–H groups in total. The fourth-order valence-corrected chi connectivity index (χ4v) is 11.4. The van der Waals surface area contributed by atoms with Gasteiger partial charge in [0.1, 0.15) is 0 Å². The van der Waals surface area contributed by atoms with Crippen molar-refractivity contribution in [3.8, 4) is 27.9 Å². The molecule has 2 nitrogen and oxygen atoms in total. The minimum absolute atomic E-state index is 1.09. The average Bonchev–Trinajstić information content (AvgIpc) is 3.97. The van der Waals surface area contributed by atoms with Crippen LogP contribution in [0.5, 0.6) is 0 Å². The Hall–Kier alpha value is -6.98. The summed E-state index contributed by atoms with van der Waals surface area (Å²) in [5, 5.41) is 7.81. The fourth-order valence-electron chi connectivity index (χ4n) is 9.01. The number of anilines is 3. The monoisotopic (exact) mass is 774 g/mol. The van der Waals surface area contributed by atoms with Crippen molar-refractivity contribution in [2.24, 2.45) is 0 Å². The van der Waals surface area contributed by atoms with Gasteiger partial charge in [0.15, 0.2) is 0 Å². The molecule has 0 aliphatic heterocycles. The molecule has 12 aromatic rings. The molecule has 0 spiro atoms. The van der Waals surface area contributed by atoms with Crippen LogP contribution in [0.2, 0.25) is 0 Å². The van der Waals surface area contributed by atoms with Crippen LogP contribution >= 0.6 is 22.7 Å². The van der Waals surface area contributed by atoms with Crippen molar-refractivity contribution in [1.82, 2.24) is 4.57 Å². The average molecular weight is 775 g/mol. The van der Waals surface area contributed by atoms with Crippen LogP contribution in [-0.2, 0) is 0 Å². The molecule has 0 aliphatic rings. The zero-order valence-corrected chi connectivity index (χ0v) is 33.0. The zero-order chi connectivity index (χ0) is 38.2. The predicted octanol–water partition coefficient (Wildman–Crippen LogP) is 16.3. The highest BCUT2D eigenvalue weighted by Gasteiger charge is 2.24. The van der Waals surface area contributed by atoms with E-state index in [1.165, 1.54) is 84.4 Å². The summed E-state index contributed by atoms with van der Waals surface area (Å²) in [4.78, 5) is 2.44. The Balaban J connectivity index is 1.17. The molecule has 272 valence electrons. The van der Waals surface area contributed by atoms with Gasteiger partial charge in [-0.2, -0.15) is 0 Å². The van der Waals surface area contributed by atoms with Crippen LogP contribution in [0.3, 0.4) is 0 Å². The lowest BCUT2D eigenvalue weighted by Gasteiger charge is -2.29. The highest BCUT2D eigenvalue weighted by atomic mass is 32.1. The van der Waals surface area contributed by atoms with Crippen molar-refractivity contribution in [2.45, 2.75) is 0 Å². The quantitative estimate of drug-likeness (QED) is 0.163. The summed E-state index contributed by atoms with van der Waals surface area (Å²) in [7, 11) is 0. The molecule has 3 aromatic heterocycles. The molecular weight excluding hydrogens is 741 g/mol. The van der Waals surface area contributed by atoms with Gasteiger partial charge in [0.2, 0.25) is 0 Å². The van der Waals surface area contributed by atoms with Crippen LogP contribution in [0.15, 0.2) is 206 Å². The first kappa shape index (κ1) is 33.2. The minimum atomic E-state index is 1.09. The van der Waals surface area contributed by atoms with Crippen molar-refractivity contribution >= 4 is 102 Å². The second-order valence-corrected chi connectivity index (χ2v) is 17.0. The number of thiophene rings is 2. The van der Waals surface area contributed by atoms with Crippen LogP contribution < -0.4 is 4.90 Å². The second kappa shape index (κ2) is 13.3. The minimum Gasteiger partial charge on any atom is -0.308 e. The van der Waals surface area contributed by atoms with Gasteiger partial charge < -0.3 is 9.47 Å². The topological polar surface area (TPSA) is 8.17 Å². The first-order chi connectivity index (χ1) is 28.8. The molecule has 3 heterocycles. The summed E-state index contributed by atoms with van der Waals surface area (Å²) in [6.45, 7) is 0. The summed E-state index contributed by atoms with van der Waals surface area (Å²) in [6, 6.07) is 75.6. The summed E-state index contributed by atoms with van der Waals surface area (Å²) in [5.74, 6) is 0. The number of rotatable bonds is 6. The van der Waals surface area contributed by atoms with Crippen LogP contribution in [0.4, 0.5) is 17.1 Å².